The van der Waals surface area contributed by atoms with Crippen LogP contribution < -0.4 is 0 Å². The first-order valence-corrected chi connectivity index (χ1v) is 7.82. The molecule has 6 heteroatoms. The number of ketones is 1. The van der Waals surface area contributed by atoms with Gasteiger partial charge in [-0.25, -0.2) is 0 Å². The second-order valence-electron chi connectivity index (χ2n) is 5.70. The Bertz CT molecular complexity index is 723. The highest BCUT2D eigenvalue weighted by molar-refractivity contribution is 6.43. The molecule has 128 valence electrons. The van der Waals surface area contributed by atoms with Gasteiger partial charge >= 0.3 is 0 Å². The number of hydrogen-bond donors (Lipinski definition) is 0. The zero-order chi connectivity index (χ0) is 17.7. The molecule has 1 heterocycles. The van der Waals surface area contributed by atoms with Crippen LogP contribution in [-0.4, -0.2) is 46.6 Å². The van der Waals surface area contributed by atoms with Crippen LogP contribution in [0.1, 0.15) is 27.3 Å². The molecule has 0 aliphatic rings. The van der Waals surface area contributed by atoms with E-state index in [9.17, 15) is 9.59 Å². The summed E-state index contributed by atoms with van der Waals surface area (Å²) in [5, 5.41) is 4.22. The van der Waals surface area contributed by atoms with Crippen LogP contribution in [-0.2, 0) is 23.1 Å². The summed E-state index contributed by atoms with van der Waals surface area (Å²) >= 11 is 0. The number of amides is 1. The molecule has 0 radical (unpaired) electrons. The number of Topliss-reactive ketones (excluding diaryl/α,β-unsaturated/α-hetero) is 1. The Kier molecular flexibility index (Phi) is 5.87. The fourth-order valence-electron chi connectivity index (χ4n) is 2.61. The van der Waals surface area contributed by atoms with E-state index in [1.54, 1.807) is 32.7 Å². The van der Waals surface area contributed by atoms with E-state index in [1.807, 2.05) is 30.3 Å². The lowest BCUT2D eigenvalue weighted by Gasteiger charge is -2.22. The molecule has 6 nitrogen and oxygen atoms in total. The molecule has 1 aromatic heterocycles. The SMILES string of the molecule is COCCN(Cc1ccccc1)C(=O)C(=O)c1c(C)nn(C)c1C. The molecular formula is C18H23N3O3. The van der Waals surface area contributed by atoms with E-state index in [-0.39, 0.29) is 0 Å². The van der Waals surface area contributed by atoms with Crippen LogP contribution in [0.4, 0.5) is 0 Å². The zero-order valence-electron chi connectivity index (χ0n) is 14.6. The van der Waals surface area contributed by atoms with Gasteiger partial charge < -0.3 is 9.64 Å². The summed E-state index contributed by atoms with van der Waals surface area (Å²) in [5.41, 5.74) is 2.62. The molecule has 0 aliphatic carbocycles. The van der Waals surface area contributed by atoms with Gasteiger partial charge in [-0.2, -0.15) is 5.10 Å². The summed E-state index contributed by atoms with van der Waals surface area (Å²) in [6.07, 6.45) is 0. The van der Waals surface area contributed by atoms with Crippen LogP contribution in [0.3, 0.4) is 0 Å². The minimum absolute atomic E-state index is 0.355. The van der Waals surface area contributed by atoms with Gasteiger partial charge in [0.15, 0.2) is 0 Å². The van der Waals surface area contributed by atoms with Gasteiger partial charge in [-0.3, -0.25) is 14.3 Å². The molecule has 24 heavy (non-hydrogen) atoms. The summed E-state index contributed by atoms with van der Waals surface area (Å²) in [5.74, 6) is -1.06. The average Bonchev–Trinajstić information content (AvgIpc) is 2.83. The van der Waals surface area contributed by atoms with E-state index >= 15 is 0 Å². The average molecular weight is 329 g/mol. The molecule has 0 N–H and O–H groups in total. The van der Waals surface area contributed by atoms with Crippen LogP contribution >= 0.6 is 0 Å². The summed E-state index contributed by atoms with van der Waals surface area (Å²) in [7, 11) is 3.33. The Balaban J connectivity index is 2.24. The minimum Gasteiger partial charge on any atom is -0.383 e. The monoisotopic (exact) mass is 329 g/mol. The number of ether oxygens (including phenoxy) is 1. The fraction of sp³-hybridized carbons (Fsp3) is 0.389. The van der Waals surface area contributed by atoms with Crippen molar-refractivity contribution in [3.8, 4) is 0 Å². The smallest absolute Gasteiger partial charge is 0.295 e. The van der Waals surface area contributed by atoms with E-state index in [4.69, 9.17) is 4.74 Å². The number of carbonyl (C=O) groups excluding carboxylic acids is 2. The zero-order valence-corrected chi connectivity index (χ0v) is 14.6. The van der Waals surface area contributed by atoms with Crippen molar-refractivity contribution >= 4 is 11.7 Å². The second kappa shape index (κ2) is 7.88. The van der Waals surface area contributed by atoms with Gasteiger partial charge in [-0.05, 0) is 19.4 Å². The van der Waals surface area contributed by atoms with Crippen molar-refractivity contribution in [2.75, 3.05) is 20.3 Å². The molecule has 0 atom stereocenters. The van der Waals surface area contributed by atoms with Gasteiger partial charge in [0.05, 0.1) is 17.9 Å². The highest BCUT2D eigenvalue weighted by atomic mass is 16.5. The van der Waals surface area contributed by atoms with Crippen molar-refractivity contribution < 1.29 is 14.3 Å². The second-order valence-corrected chi connectivity index (χ2v) is 5.70. The van der Waals surface area contributed by atoms with E-state index in [1.165, 1.54) is 4.90 Å². The number of aromatic nitrogens is 2. The van der Waals surface area contributed by atoms with E-state index in [2.05, 4.69) is 5.10 Å². The topological polar surface area (TPSA) is 64.4 Å². The molecular weight excluding hydrogens is 306 g/mol. The van der Waals surface area contributed by atoms with Crippen LogP contribution in [0.5, 0.6) is 0 Å². The first-order chi connectivity index (χ1) is 11.5. The van der Waals surface area contributed by atoms with Gasteiger partial charge in [-0.1, -0.05) is 30.3 Å². The molecule has 2 aromatic rings. The minimum atomic E-state index is -0.532. The predicted molar refractivity (Wildman–Crippen MR) is 90.7 cm³/mol. The quantitative estimate of drug-likeness (QED) is 0.575. The molecule has 0 spiro atoms. The van der Waals surface area contributed by atoms with Crippen LogP contribution in [0.25, 0.3) is 0 Å². The Morgan fingerprint density at radius 2 is 1.88 bits per heavy atom. The molecule has 0 saturated heterocycles. The van der Waals surface area contributed by atoms with Crippen molar-refractivity contribution in [1.29, 1.82) is 0 Å². The highest BCUT2D eigenvalue weighted by Gasteiger charge is 2.28. The molecule has 0 aliphatic heterocycles. The lowest BCUT2D eigenvalue weighted by Crippen LogP contribution is -2.38. The number of nitrogens with zero attached hydrogens (tertiary/aromatic N) is 3. The van der Waals surface area contributed by atoms with Gasteiger partial charge in [0.25, 0.3) is 11.7 Å². The largest absolute Gasteiger partial charge is 0.383 e. The summed E-state index contributed by atoms with van der Waals surface area (Å²) in [6.45, 7) is 4.62. The third-order valence-corrected chi connectivity index (χ3v) is 4.00. The first kappa shape index (κ1) is 17.9. The molecule has 2 rings (SSSR count). The van der Waals surface area contributed by atoms with E-state index < -0.39 is 11.7 Å². The standard InChI is InChI=1S/C18H23N3O3/c1-13-16(14(2)20(3)19-13)17(22)18(23)21(10-11-24-4)12-15-8-6-5-7-9-15/h5-9H,10-12H2,1-4H3. The first-order valence-electron chi connectivity index (χ1n) is 7.82. The Labute approximate surface area is 142 Å². The lowest BCUT2D eigenvalue weighted by atomic mass is 10.1. The normalized spacial score (nSPS) is 10.7. The third kappa shape index (κ3) is 3.89. The van der Waals surface area contributed by atoms with Crippen molar-refractivity contribution in [2.24, 2.45) is 7.05 Å². The Morgan fingerprint density at radius 3 is 2.42 bits per heavy atom. The van der Waals surface area contributed by atoms with Crippen LogP contribution in [0, 0.1) is 13.8 Å². The third-order valence-electron chi connectivity index (χ3n) is 4.00. The van der Waals surface area contributed by atoms with Crippen molar-refractivity contribution in [3.05, 3.63) is 52.8 Å². The van der Waals surface area contributed by atoms with Gasteiger partial charge in [0, 0.05) is 32.9 Å². The van der Waals surface area contributed by atoms with Crippen molar-refractivity contribution in [1.82, 2.24) is 14.7 Å². The number of hydrogen-bond acceptors (Lipinski definition) is 4. The number of carbonyl (C=O) groups is 2. The van der Waals surface area contributed by atoms with Crippen molar-refractivity contribution in [3.63, 3.8) is 0 Å². The van der Waals surface area contributed by atoms with Gasteiger partial charge in [0.2, 0.25) is 0 Å². The molecule has 0 unspecified atom stereocenters. The molecule has 1 aromatic carbocycles. The number of rotatable bonds is 7. The van der Waals surface area contributed by atoms with Gasteiger partial charge in [-0.15, -0.1) is 0 Å². The van der Waals surface area contributed by atoms with E-state index in [0.29, 0.717) is 36.6 Å². The maximum absolute atomic E-state index is 12.8. The van der Waals surface area contributed by atoms with Crippen molar-refractivity contribution in [2.45, 2.75) is 20.4 Å². The molecule has 0 saturated carbocycles. The Hall–Kier alpha value is -2.47. The predicted octanol–water partition coefficient (Wildman–Crippen LogP) is 1.89. The number of aryl methyl sites for hydroxylation is 2. The summed E-state index contributed by atoms with van der Waals surface area (Å²) in [4.78, 5) is 27.0. The summed E-state index contributed by atoms with van der Waals surface area (Å²) in [6, 6.07) is 9.59. The van der Waals surface area contributed by atoms with Crippen LogP contribution in [0.15, 0.2) is 30.3 Å². The summed E-state index contributed by atoms with van der Waals surface area (Å²) < 4.78 is 6.69. The number of benzene rings is 1. The maximum atomic E-state index is 12.8. The molecule has 0 fully saturated rings. The highest BCUT2D eigenvalue weighted by Crippen LogP contribution is 2.15. The molecule has 0 bridgehead atoms. The van der Waals surface area contributed by atoms with Crippen LogP contribution in [0.2, 0.25) is 0 Å². The number of methoxy groups -OCH3 is 1. The molecule has 1 amide bonds. The lowest BCUT2D eigenvalue weighted by molar-refractivity contribution is -0.127. The Morgan fingerprint density at radius 1 is 1.21 bits per heavy atom. The fourth-order valence-corrected chi connectivity index (χ4v) is 2.61. The van der Waals surface area contributed by atoms with Gasteiger partial charge in [0.1, 0.15) is 0 Å². The maximum Gasteiger partial charge on any atom is 0.295 e. The van der Waals surface area contributed by atoms with E-state index in [0.717, 1.165) is 5.56 Å².